The van der Waals surface area contributed by atoms with Gasteiger partial charge in [0, 0.05) is 13.0 Å². The fourth-order valence-corrected chi connectivity index (χ4v) is 4.90. The second kappa shape index (κ2) is 25.2. The van der Waals surface area contributed by atoms with Crippen LogP contribution in [0.1, 0.15) is 129 Å². The number of ether oxygens (including phenoxy) is 2. The Kier molecular flexibility index (Phi) is 24.9. The molecule has 0 aliphatic heterocycles. The Labute approximate surface area is 240 Å². The molecule has 0 aromatic carbocycles. The zero-order valence-electron chi connectivity index (χ0n) is 26.1. The lowest BCUT2D eigenvalue weighted by Gasteiger charge is -2.28. The largest absolute Gasteiger partial charge is 0.756 e. The molecule has 0 N–H and O–H groups in total. The van der Waals surface area contributed by atoms with Gasteiger partial charge in [-0.15, -0.1) is 0 Å². The molecule has 0 saturated carbocycles. The molecule has 0 saturated heterocycles. The molecular weight excluding hydrogens is 517 g/mol. The Morgan fingerprint density at radius 3 is 1.64 bits per heavy atom. The van der Waals surface area contributed by atoms with E-state index in [1.165, 1.54) is 89.9 Å². The highest BCUT2D eigenvalue weighted by Gasteiger charge is 2.20. The summed E-state index contributed by atoms with van der Waals surface area (Å²) >= 11 is 0. The number of phosphoric acid groups is 1. The van der Waals surface area contributed by atoms with E-state index in [1.54, 1.807) is 0 Å². The molecule has 0 bridgehead atoms. The van der Waals surface area contributed by atoms with E-state index in [0.29, 0.717) is 24.1 Å². The number of likely N-dealkylation sites (N-methyl/N-ethyl adjacent to an activating group) is 1. The SMILES string of the molecule is CCCCCCCCCCCCCCCCCCOC[C@@H](COP(=O)([O-])OCC[N+](C)(C)C)OC(=O)CCC. The van der Waals surface area contributed by atoms with E-state index in [9.17, 15) is 14.3 Å². The minimum atomic E-state index is -4.48. The van der Waals surface area contributed by atoms with Crippen molar-refractivity contribution in [2.75, 3.05) is 54.1 Å². The van der Waals surface area contributed by atoms with Gasteiger partial charge in [-0.05, 0) is 12.8 Å². The normalized spacial score (nSPS) is 14.3. The van der Waals surface area contributed by atoms with Crippen molar-refractivity contribution in [2.24, 2.45) is 0 Å². The van der Waals surface area contributed by atoms with Gasteiger partial charge in [0.1, 0.15) is 19.3 Å². The molecule has 1 unspecified atom stereocenters. The third-order valence-corrected chi connectivity index (χ3v) is 7.59. The van der Waals surface area contributed by atoms with Crippen molar-refractivity contribution in [1.29, 1.82) is 0 Å². The number of hydrogen-bond acceptors (Lipinski definition) is 7. The van der Waals surface area contributed by atoms with Crippen molar-refractivity contribution < 1.29 is 37.3 Å². The quantitative estimate of drug-likeness (QED) is 0.0401. The van der Waals surface area contributed by atoms with Crippen LogP contribution in [0.3, 0.4) is 0 Å². The Morgan fingerprint density at radius 1 is 0.692 bits per heavy atom. The molecule has 0 aliphatic rings. The highest BCUT2D eigenvalue weighted by atomic mass is 31.2. The molecule has 8 nitrogen and oxygen atoms in total. The third kappa shape index (κ3) is 28.8. The summed E-state index contributed by atoms with van der Waals surface area (Å²) in [6.07, 6.45) is 21.2. The van der Waals surface area contributed by atoms with Crippen molar-refractivity contribution in [3.63, 3.8) is 0 Å². The summed E-state index contributed by atoms with van der Waals surface area (Å²) in [7, 11) is 1.36. The molecule has 0 heterocycles. The van der Waals surface area contributed by atoms with E-state index in [4.69, 9.17) is 18.5 Å². The van der Waals surface area contributed by atoms with Crippen LogP contribution in [0.4, 0.5) is 0 Å². The summed E-state index contributed by atoms with van der Waals surface area (Å²) in [6.45, 7) is 5.05. The van der Waals surface area contributed by atoms with Crippen molar-refractivity contribution in [1.82, 2.24) is 0 Å². The van der Waals surface area contributed by atoms with Crippen LogP contribution in [0.25, 0.3) is 0 Å². The molecule has 39 heavy (non-hydrogen) atoms. The van der Waals surface area contributed by atoms with Crippen LogP contribution in [-0.4, -0.2) is 70.7 Å². The van der Waals surface area contributed by atoms with E-state index < -0.39 is 13.9 Å². The van der Waals surface area contributed by atoms with Gasteiger partial charge in [-0.3, -0.25) is 9.36 Å². The van der Waals surface area contributed by atoms with Crippen LogP contribution >= 0.6 is 7.82 Å². The summed E-state index contributed by atoms with van der Waals surface area (Å²) in [5.74, 6) is -0.385. The van der Waals surface area contributed by atoms with E-state index in [0.717, 1.165) is 12.8 Å². The number of quaternary nitrogens is 1. The minimum Gasteiger partial charge on any atom is -0.756 e. The lowest BCUT2D eigenvalue weighted by atomic mass is 10.0. The summed E-state index contributed by atoms with van der Waals surface area (Å²) in [5, 5.41) is 0. The molecule has 2 atom stereocenters. The van der Waals surface area contributed by atoms with Crippen LogP contribution in [0.2, 0.25) is 0 Å². The summed E-state index contributed by atoms with van der Waals surface area (Å²) in [6, 6.07) is 0. The number of nitrogens with zero attached hydrogens (tertiary/aromatic N) is 1. The van der Waals surface area contributed by atoms with Crippen LogP contribution in [0.15, 0.2) is 0 Å². The molecule has 9 heteroatoms. The third-order valence-electron chi connectivity index (χ3n) is 6.63. The molecule has 234 valence electrons. The molecule has 0 radical (unpaired) electrons. The van der Waals surface area contributed by atoms with Crippen molar-refractivity contribution >= 4 is 13.8 Å². The standard InChI is InChI=1S/C30H62NO7P/c1-6-8-9-10-11-12-13-14-15-16-17-18-19-20-21-22-25-35-27-29(38-30(32)23-7-2)28-37-39(33,34)36-26-24-31(3,4)5/h29H,6-28H2,1-5H3/t29-/m0/s1. The molecule has 0 aliphatic carbocycles. The van der Waals surface area contributed by atoms with Crippen molar-refractivity contribution in [2.45, 2.75) is 136 Å². The van der Waals surface area contributed by atoms with E-state index in [1.807, 2.05) is 28.1 Å². The predicted molar refractivity (Wildman–Crippen MR) is 158 cm³/mol. The fraction of sp³-hybridized carbons (Fsp3) is 0.967. The maximum absolute atomic E-state index is 12.1. The average molecular weight is 580 g/mol. The monoisotopic (exact) mass is 579 g/mol. The van der Waals surface area contributed by atoms with E-state index >= 15 is 0 Å². The van der Waals surface area contributed by atoms with Gasteiger partial charge < -0.3 is 27.9 Å². The first kappa shape index (κ1) is 38.5. The molecule has 0 rings (SSSR count). The van der Waals surface area contributed by atoms with Gasteiger partial charge in [0.05, 0.1) is 34.4 Å². The molecule has 0 fully saturated rings. The Hall–Kier alpha value is -0.500. The van der Waals surface area contributed by atoms with Crippen LogP contribution in [0, 0.1) is 0 Å². The van der Waals surface area contributed by atoms with E-state index in [2.05, 4.69) is 6.92 Å². The topological polar surface area (TPSA) is 94.1 Å². The Bertz CT molecular complexity index is 613. The van der Waals surface area contributed by atoms with Gasteiger partial charge in [-0.2, -0.15) is 0 Å². The second-order valence-electron chi connectivity index (χ2n) is 11.8. The highest BCUT2D eigenvalue weighted by Crippen LogP contribution is 2.38. The highest BCUT2D eigenvalue weighted by molar-refractivity contribution is 7.45. The molecule has 0 aromatic heterocycles. The Morgan fingerprint density at radius 2 is 1.18 bits per heavy atom. The number of esters is 1. The predicted octanol–water partition coefficient (Wildman–Crippen LogP) is 7.18. The summed E-state index contributed by atoms with van der Waals surface area (Å²) in [4.78, 5) is 24.0. The van der Waals surface area contributed by atoms with Crippen molar-refractivity contribution in [3.8, 4) is 0 Å². The first-order valence-electron chi connectivity index (χ1n) is 15.8. The van der Waals surface area contributed by atoms with Gasteiger partial charge in [0.2, 0.25) is 0 Å². The number of carbonyl (C=O) groups is 1. The first-order valence-corrected chi connectivity index (χ1v) is 17.2. The molecule has 0 spiro atoms. The number of phosphoric ester groups is 1. The molecule has 0 aromatic rings. The van der Waals surface area contributed by atoms with Gasteiger partial charge in [0.25, 0.3) is 7.82 Å². The second-order valence-corrected chi connectivity index (χ2v) is 13.2. The summed E-state index contributed by atoms with van der Waals surface area (Å²) in [5.41, 5.74) is 0. The summed E-state index contributed by atoms with van der Waals surface area (Å²) < 4.78 is 33.6. The lowest BCUT2D eigenvalue weighted by molar-refractivity contribution is -0.870. The average Bonchev–Trinajstić information content (AvgIpc) is 2.85. The maximum atomic E-state index is 12.1. The van der Waals surface area contributed by atoms with E-state index in [-0.39, 0.29) is 32.2 Å². The van der Waals surface area contributed by atoms with Crippen LogP contribution < -0.4 is 4.89 Å². The van der Waals surface area contributed by atoms with Gasteiger partial charge in [-0.1, -0.05) is 110 Å². The van der Waals surface area contributed by atoms with Crippen molar-refractivity contribution in [3.05, 3.63) is 0 Å². The van der Waals surface area contributed by atoms with Crippen LogP contribution in [0.5, 0.6) is 0 Å². The molecular formula is C30H62NO7P. The Balaban J connectivity index is 3.89. The number of carbonyl (C=O) groups excluding carboxylic acids is 1. The first-order chi connectivity index (χ1) is 18.6. The zero-order chi connectivity index (χ0) is 29.2. The van der Waals surface area contributed by atoms with Gasteiger partial charge >= 0.3 is 5.97 Å². The maximum Gasteiger partial charge on any atom is 0.306 e. The zero-order valence-corrected chi connectivity index (χ0v) is 27.0. The lowest BCUT2D eigenvalue weighted by Crippen LogP contribution is -2.37. The van der Waals surface area contributed by atoms with Crippen LogP contribution in [-0.2, 0) is 27.9 Å². The fourth-order valence-electron chi connectivity index (χ4n) is 4.17. The smallest absolute Gasteiger partial charge is 0.306 e. The van der Waals surface area contributed by atoms with Gasteiger partial charge in [-0.25, -0.2) is 0 Å². The number of rotatable bonds is 29. The number of hydrogen-bond donors (Lipinski definition) is 0. The van der Waals surface area contributed by atoms with Gasteiger partial charge in [0.15, 0.2) is 0 Å². The number of unbranched alkanes of at least 4 members (excludes halogenated alkanes) is 15. The molecule has 0 amide bonds. The minimum absolute atomic E-state index is 0.0281.